The Labute approximate surface area is 123 Å². The highest BCUT2D eigenvalue weighted by Crippen LogP contribution is 2.19. The summed E-state index contributed by atoms with van der Waals surface area (Å²) in [5.41, 5.74) is 0. The molecule has 0 aliphatic carbocycles. The van der Waals surface area contributed by atoms with Crippen LogP contribution in [0.15, 0.2) is 0 Å². The first kappa shape index (κ1) is 16.2. The molecule has 4 nitrogen and oxygen atoms in total. The maximum absolute atomic E-state index is 5.82. The van der Waals surface area contributed by atoms with Crippen molar-refractivity contribution in [2.75, 3.05) is 52.9 Å². The second kappa shape index (κ2) is 10.6. The molecule has 3 aliphatic heterocycles. The van der Waals surface area contributed by atoms with Gasteiger partial charge in [0.25, 0.3) is 0 Å². The predicted molar refractivity (Wildman–Crippen MR) is 78.0 cm³/mol. The average molecular weight is 286 g/mol. The molecule has 4 heteroatoms. The van der Waals surface area contributed by atoms with Gasteiger partial charge in [0.1, 0.15) is 0 Å². The minimum Gasteiger partial charge on any atom is -0.381 e. The maximum Gasteiger partial charge on any atom is 0.0700 e. The summed E-state index contributed by atoms with van der Waals surface area (Å²) >= 11 is 0. The van der Waals surface area contributed by atoms with Gasteiger partial charge >= 0.3 is 0 Å². The molecule has 2 bridgehead atoms. The molecule has 0 aromatic rings. The molecule has 0 amide bonds. The van der Waals surface area contributed by atoms with Gasteiger partial charge in [-0.25, -0.2) is 0 Å². The first-order valence-corrected chi connectivity index (χ1v) is 8.26. The lowest BCUT2D eigenvalue weighted by Crippen LogP contribution is -2.16. The molecular weight excluding hydrogens is 256 g/mol. The van der Waals surface area contributed by atoms with Crippen molar-refractivity contribution in [1.82, 2.24) is 0 Å². The summed E-state index contributed by atoms with van der Waals surface area (Å²) in [6, 6.07) is 0. The molecule has 0 radical (unpaired) electrons. The first-order chi connectivity index (χ1) is 9.95. The van der Waals surface area contributed by atoms with Gasteiger partial charge in [-0.3, -0.25) is 0 Å². The largest absolute Gasteiger partial charge is 0.381 e. The molecular formula is C16H30O4. The summed E-state index contributed by atoms with van der Waals surface area (Å²) in [7, 11) is 0. The third kappa shape index (κ3) is 7.02. The van der Waals surface area contributed by atoms with Crippen LogP contribution in [0, 0.1) is 11.8 Å². The van der Waals surface area contributed by atoms with E-state index in [0.29, 0.717) is 11.8 Å². The lowest BCUT2D eigenvalue weighted by Gasteiger charge is -2.20. The summed E-state index contributed by atoms with van der Waals surface area (Å²) in [5, 5.41) is 0. The van der Waals surface area contributed by atoms with Gasteiger partial charge in [0.15, 0.2) is 0 Å². The Hall–Kier alpha value is -0.160. The van der Waals surface area contributed by atoms with Crippen LogP contribution < -0.4 is 0 Å². The van der Waals surface area contributed by atoms with Crippen LogP contribution >= 0.6 is 0 Å². The van der Waals surface area contributed by atoms with Crippen LogP contribution in [0.1, 0.15) is 38.5 Å². The quantitative estimate of drug-likeness (QED) is 0.686. The first-order valence-electron chi connectivity index (χ1n) is 8.26. The summed E-state index contributed by atoms with van der Waals surface area (Å²) in [6.45, 7) is 6.64. The molecule has 3 fully saturated rings. The van der Waals surface area contributed by atoms with Crippen molar-refractivity contribution in [3.05, 3.63) is 0 Å². The van der Waals surface area contributed by atoms with Crippen molar-refractivity contribution >= 4 is 0 Å². The van der Waals surface area contributed by atoms with Gasteiger partial charge in [0.2, 0.25) is 0 Å². The van der Waals surface area contributed by atoms with Gasteiger partial charge in [0.05, 0.1) is 13.2 Å². The predicted octanol–water partition coefficient (Wildman–Crippen LogP) is 2.65. The fraction of sp³-hybridized carbons (Fsp3) is 1.00. The van der Waals surface area contributed by atoms with Gasteiger partial charge in [-0.2, -0.15) is 0 Å². The van der Waals surface area contributed by atoms with E-state index in [1.807, 2.05) is 0 Å². The van der Waals surface area contributed by atoms with Crippen molar-refractivity contribution in [2.24, 2.45) is 11.8 Å². The Morgan fingerprint density at radius 1 is 0.350 bits per heavy atom. The molecule has 3 saturated heterocycles. The standard InChI is InChI=1S/C16H30O4/c1-7-17-9-3-16-4-10-18-8-2-15(1)5-11-19-13-14-20-12-6-16/h15-16H,1-14H2. The zero-order valence-corrected chi connectivity index (χ0v) is 12.7. The molecule has 0 saturated carbocycles. The maximum atomic E-state index is 5.82. The highest BCUT2D eigenvalue weighted by Gasteiger charge is 2.14. The Bertz CT molecular complexity index is 193. The Balaban J connectivity index is 1.88. The van der Waals surface area contributed by atoms with Crippen LogP contribution in [0.2, 0.25) is 0 Å². The van der Waals surface area contributed by atoms with Crippen LogP contribution in [0.3, 0.4) is 0 Å². The fourth-order valence-electron chi connectivity index (χ4n) is 2.89. The highest BCUT2D eigenvalue weighted by molar-refractivity contribution is 4.63. The lowest BCUT2D eigenvalue weighted by molar-refractivity contribution is 0.0380. The molecule has 0 atom stereocenters. The van der Waals surface area contributed by atoms with E-state index in [0.717, 1.165) is 91.4 Å². The van der Waals surface area contributed by atoms with Gasteiger partial charge in [0, 0.05) is 39.6 Å². The van der Waals surface area contributed by atoms with Crippen molar-refractivity contribution in [3.8, 4) is 0 Å². The molecule has 0 aromatic heterocycles. The molecule has 20 heavy (non-hydrogen) atoms. The van der Waals surface area contributed by atoms with E-state index in [9.17, 15) is 0 Å². The Kier molecular flexibility index (Phi) is 8.55. The van der Waals surface area contributed by atoms with E-state index in [1.54, 1.807) is 0 Å². The van der Waals surface area contributed by atoms with Crippen LogP contribution in [-0.4, -0.2) is 52.9 Å². The SMILES string of the molecule is C1COCCC2CCOCCC(CCO1)CCOCC2. The molecule has 0 spiro atoms. The normalized spacial score (nSPS) is 32.4. The molecule has 0 N–H and O–H groups in total. The Morgan fingerprint density at radius 3 is 0.900 bits per heavy atom. The van der Waals surface area contributed by atoms with E-state index < -0.39 is 0 Å². The van der Waals surface area contributed by atoms with E-state index >= 15 is 0 Å². The van der Waals surface area contributed by atoms with Gasteiger partial charge in [-0.15, -0.1) is 0 Å². The van der Waals surface area contributed by atoms with Crippen LogP contribution in [0.5, 0.6) is 0 Å². The van der Waals surface area contributed by atoms with Crippen LogP contribution in [0.4, 0.5) is 0 Å². The van der Waals surface area contributed by atoms with Crippen molar-refractivity contribution < 1.29 is 18.9 Å². The van der Waals surface area contributed by atoms with E-state index in [-0.39, 0.29) is 0 Å². The minimum atomic E-state index is 0.663. The van der Waals surface area contributed by atoms with Crippen molar-refractivity contribution in [2.45, 2.75) is 38.5 Å². The summed E-state index contributed by atoms with van der Waals surface area (Å²) in [6.07, 6.45) is 6.74. The molecule has 3 heterocycles. The molecule has 3 rings (SSSR count). The lowest BCUT2D eigenvalue weighted by atomic mass is 9.97. The molecule has 118 valence electrons. The Morgan fingerprint density at radius 2 is 0.600 bits per heavy atom. The number of fused-ring (bicyclic) bond motifs is 15. The second-order valence-corrected chi connectivity index (χ2v) is 5.91. The average Bonchev–Trinajstić information content (AvgIpc) is 2.46. The molecule has 0 aromatic carbocycles. The smallest absolute Gasteiger partial charge is 0.0700 e. The summed E-state index contributed by atoms with van der Waals surface area (Å²) in [4.78, 5) is 0. The third-order valence-electron chi connectivity index (χ3n) is 4.39. The third-order valence-corrected chi connectivity index (χ3v) is 4.39. The second-order valence-electron chi connectivity index (χ2n) is 5.91. The number of hydrogen-bond acceptors (Lipinski definition) is 4. The summed E-state index contributed by atoms with van der Waals surface area (Å²) in [5.74, 6) is 1.33. The zero-order valence-electron chi connectivity index (χ0n) is 12.7. The number of hydrogen-bond donors (Lipinski definition) is 0. The monoisotopic (exact) mass is 286 g/mol. The topological polar surface area (TPSA) is 36.9 Å². The van der Waals surface area contributed by atoms with Crippen molar-refractivity contribution in [3.63, 3.8) is 0 Å². The van der Waals surface area contributed by atoms with E-state index in [4.69, 9.17) is 18.9 Å². The van der Waals surface area contributed by atoms with Crippen LogP contribution in [0.25, 0.3) is 0 Å². The molecule has 3 aliphatic rings. The van der Waals surface area contributed by atoms with Gasteiger partial charge < -0.3 is 18.9 Å². The van der Waals surface area contributed by atoms with Gasteiger partial charge in [-0.05, 0) is 50.4 Å². The number of rotatable bonds is 0. The number of ether oxygens (including phenoxy) is 4. The van der Waals surface area contributed by atoms with E-state index in [1.165, 1.54) is 0 Å². The van der Waals surface area contributed by atoms with Gasteiger partial charge in [-0.1, -0.05) is 0 Å². The van der Waals surface area contributed by atoms with E-state index in [2.05, 4.69) is 0 Å². The fourth-order valence-corrected chi connectivity index (χ4v) is 2.89. The highest BCUT2D eigenvalue weighted by atomic mass is 16.5. The van der Waals surface area contributed by atoms with Crippen molar-refractivity contribution in [1.29, 1.82) is 0 Å². The summed E-state index contributed by atoms with van der Waals surface area (Å²) < 4.78 is 23.0. The zero-order chi connectivity index (χ0) is 13.9. The molecule has 0 unspecified atom stereocenters. The van der Waals surface area contributed by atoms with Crippen LogP contribution in [-0.2, 0) is 18.9 Å². The minimum absolute atomic E-state index is 0.663.